The van der Waals surface area contributed by atoms with E-state index in [1.54, 1.807) is 25.3 Å². The van der Waals surface area contributed by atoms with Gasteiger partial charge in [0.1, 0.15) is 11.0 Å². The predicted molar refractivity (Wildman–Crippen MR) is 76.7 cm³/mol. The van der Waals surface area contributed by atoms with Crippen molar-refractivity contribution in [2.75, 3.05) is 0 Å². The van der Waals surface area contributed by atoms with Crippen molar-refractivity contribution in [3.63, 3.8) is 0 Å². The molecule has 0 saturated carbocycles. The Morgan fingerprint density at radius 3 is 2.63 bits per heavy atom. The summed E-state index contributed by atoms with van der Waals surface area (Å²) in [5.41, 5.74) is 3.23. The van der Waals surface area contributed by atoms with Gasteiger partial charge in [-0.2, -0.15) is 5.10 Å². The van der Waals surface area contributed by atoms with Gasteiger partial charge in [0.05, 0.1) is 16.3 Å². The highest BCUT2D eigenvalue weighted by Crippen LogP contribution is 2.20. The Labute approximate surface area is 113 Å². The van der Waals surface area contributed by atoms with E-state index < -0.39 is 11.0 Å². The predicted octanol–water partition coefficient (Wildman–Crippen LogP) is 1.41. The van der Waals surface area contributed by atoms with Crippen LogP contribution in [0, 0.1) is 0 Å². The van der Waals surface area contributed by atoms with E-state index in [4.69, 9.17) is 11.0 Å². The quantitative estimate of drug-likeness (QED) is 0.503. The van der Waals surface area contributed by atoms with Crippen LogP contribution in [0.25, 0.3) is 11.1 Å². The van der Waals surface area contributed by atoms with Crippen LogP contribution in [0.5, 0.6) is 0 Å². The van der Waals surface area contributed by atoms with E-state index in [2.05, 4.69) is 10.1 Å². The van der Waals surface area contributed by atoms with Gasteiger partial charge >= 0.3 is 0 Å². The molecule has 1 aromatic carbocycles. The van der Waals surface area contributed by atoms with Gasteiger partial charge in [0.25, 0.3) is 0 Å². The van der Waals surface area contributed by atoms with Crippen molar-refractivity contribution in [1.29, 1.82) is 0 Å². The van der Waals surface area contributed by atoms with Crippen molar-refractivity contribution < 1.29 is 4.21 Å². The first-order chi connectivity index (χ1) is 9.11. The molecule has 0 radical (unpaired) electrons. The van der Waals surface area contributed by atoms with Crippen LogP contribution in [-0.2, 0) is 11.0 Å². The standard InChI is InChI=1S/C13H14N4OS/c1-9(17-14)13-6-5-11(8-16-13)10-3-2-4-12(7-10)19(15)18/h2-8H,14-15H2,1H3/b17-9-. The number of hydrogen-bond acceptors (Lipinski definition) is 4. The summed E-state index contributed by atoms with van der Waals surface area (Å²) >= 11 is 0. The first-order valence-corrected chi connectivity index (χ1v) is 6.80. The lowest BCUT2D eigenvalue weighted by molar-refractivity contribution is 0.684. The van der Waals surface area contributed by atoms with Gasteiger partial charge in [0.15, 0.2) is 0 Å². The minimum Gasteiger partial charge on any atom is -0.323 e. The Morgan fingerprint density at radius 1 is 1.26 bits per heavy atom. The Hall–Kier alpha value is -2.05. The van der Waals surface area contributed by atoms with E-state index in [9.17, 15) is 4.21 Å². The molecule has 2 rings (SSSR count). The highest BCUT2D eigenvalue weighted by molar-refractivity contribution is 7.82. The molecule has 0 amide bonds. The minimum atomic E-state index is -1.48. The largest absolute Gasteiger partial charge is 0.323 e. The summed E-state index contributed by atoms with van der Waals surface area (Å²) in [4.78, 5) is 4.87. The molecule has 6 heteroatoms. The van der Waals surface area contributed by atoms with Crippen LogP contribution < -0.4 is 11.0 Å². The van der Waals surface area contributed by atoms with Crippen LogP contribution in [-0.4, -0.2) is 14.9 Å². The fraction of sp³-hybridized carbons (Fsp3) is 0.0769. The zero-order chi connectivity index (χ0) is 13.8. The lowest BCUT2D eigenvalue weighted by atomic mass is 10.1. The lowest BCUT2D eigenvalue weighted by Crippen LogP contribution is -2.03. The summed E-state index contributed by atoms with van der Waals surface area (Å²) in [6.07, 6.45) is 1.72. The average Bonchev–Trinajstić information content (AvgIpc) is 2.46. The zero-order valence-corrected chi connectivity index (χ0v) is 11.2. The second-order valence-corrected chi connectivity index (χ2v) is 5.04. The maximum Gasteiger partial charge on any atom is 0.122 e. The second kappa shape index (κ2) is 5.73. The summed E-state index contributed by atoms with van der Waals surface area (Å²) in [6, 6.07) is 11.0. The van der Waals surface area contributed by atoms with Crippen molar-refractivity contribution in [2.45, 2.75) is 11.8 Å². The van der Waals surface area contributed by atoms with Crippen LogP contribution in [0.15, 0.2) is 52.6 Å². The van der Waals surface area contributed by atoms with Crippen LogP contribution >= 0.6 is 0 Å². The van der Waals surface area contributed by atoms with Gasteiger partial charge < -0.3 is 5.84 Å². The molecule has 0 bridgehead atoms. The molecule has 0 spiro atoms. The Kier molecular flexibility index (Phi) is 4.03. The van der Waals surface area contributed by atoms with Crippen LogP contribution in [0.4, 0.5) is 0 Å². The van der Waals surface area contributed by atoms with Gasteiger partial charge in [0.2, 0.25) is 0 Å². The van der Waals surface area contributed by atoms with Crippen molar-refractivity contribution in [1.82, 2.24) is 4.98 Å². The van der Waals surface area contributed by atoms with Gasteiger partial charge in [-0.15, -0.1) is 0 Å². The third-order valence-corrected chi connectivity index (χ3v) is 3.45. The Morgan fingerprint density at radius 2 is 2.05 bits per heavy atom. The molecule has 19 heavy (non-hydrogen) atoms. The van der Waals surface area contributed by atoms with Gasteiger partial charge in [0, 0.05) is 11.8 Å². The number of nitrogens with zero attached hydrogens (tertiary/aromatic N) is 2. The van der Waals surface area contributed by atoms with Crippen molar-refractivity contribution in [2.24, 2.45) is 16.1 Å². The van der Waals surface area contributed by atoms with E-state index in [1.807, 2.05) is 24.3 Å². The molecule has 1 heterocycles. The average molecular weight is 274 g/mol. The zero-order valence-electron chi connectivity index (χ0n) is 10.4. The Balaban J connectivity index is 2.37. The summed E-state index contributed by atoms with van der Waals surface area (Å²) in [7, 11) is -1.48. The molecule has 0 aliphatic heterocycles. The molecule has 4 N–H and O–H groups in total. The Bertz CT molecular complexity index is 637. The van der Waals surface area contributed by atoms with Gasteiger partial charge in [-0.25, -0.2) is 9.35 Å². The number of rotatable bonds is 3. The highest BCUT2D eigenvalue weighted by atomic mass is 32.2. The smallest absolute Gasteiger partial charge is 0.122 e. The summed E-state index contributed by atoms with van der Waals surface area (Å²) < 4.78 is 11.3. The number of hydrogen-bond donors (Lipinski definition) is 2. The third kappa shape index (κ3) is 3.04. The van der Waals surface area contributed by atoms with Crippen LogP contribution in [0.1, 0.15) is 12.6 Å². The molecule has 0 fully saturated rings. The topological polar surface area (TPSA) is 94.4 Å². The molecular weight excluding hydrogens is 260 g/mol. The molecular formula is C13H14N4OS. The number of nitrogens with two attached hydrogens (primary N) is 2. The molecule has 98 valence electrons. The van der Waals surface area contributed by atoms with Crippen LogP contribution in [0.2, 0.25) is 0 Å². The van der Waals surface area contributed by atoms with Crippen molar-refractivity contribution in [3.8, 4) is 11.1 Å². The van der Waals surface area contributed by atoms with E-state index in [-0.39, 0.29) is 0 Å². The van der Waals surface area contributed by atoms with E-state index in [0.29, 0.717) is 10.6 Å². The highest BCUT2D eigenvalue weighted by Gasteiger charge is 2.04. The number of benzene rings is 1. The van der Waals surface area contributed by atoms with E-state index in [1.165, 1.54) is 0 Å². The van der Waals surface area contributed by atoms with Gasteiger partial charge in [-0.05, 0) is 30.7 Å². The molecule has 0 aliphatic rings. The van der Waals surface area contributed by atoms with Gasteiger partial charge in [-0.1, -0.05) is 18.2 Å². The first-order valence-electron chi connectivity index (χ1n) is 5.59. The first kappa shape index (κ1) is 13.4. The SMILES string of the molecule is C/C(=N/N)c1ccc(-c2cccc(S(N)=O)c2)cn1. The molecule has 1 aromatic heterocycles. The minimum absolute atomic E-state index is 0.585. The second-order valence-electron chi connectivity index (χ2n) is 3.97. The lowest BCUT2D eigenvalue weighted by Gasteiger charge is -2.04. The van der Waals surface area contributed by atoms with Crippen molar-refractivity contribution in [3.05, 3.63) is 48.3 Å². The maximum absolute atomic E-state index is 11.3. The van der Waals surface area contributed by atoms with Gasteiger partial charge in [-0.3, -0.25) is 4.98 Å². The monoisotopic (exact) mass is 274 g/mol. The summed E-state index contributed by atoms with van der Waals surface area (Å²) in [6.45, 7) is 1.79. The van der Waals surface area contributed by atoms with E-state index >= 15 is 0 Å². The normalized spacial score (nSPS) is 13.3. The molecule has 1 unspecified atom stereocenters. The third-order valence-electron chi connectivity index (χ3n) is 2.73. The van der Waals surface area contributed by atoms with E-state index in [0.717, 1.165) is 16.8 Å². The molecule has 0 aliphatic carbocycles. The maximum atomic E-state index is 11.3. The summed E-state index contributed by atoms with van der Waals surface area (Å²) in [5, 5.41) is 8.97. The molecule has 0 saturated heterocycles. The molecule has 5 nitrogen and oxygen atoms in total. The number of pyridine rings is 1. The number of aromatic nitrogens is 1. The van der Waals surface area contributed by atoms with Crippen LogP contribution in [0.3, 0.4) is 0 Å². The number of hydrazone groups is 1. The molecule has 1 atom stereocenters. The fourth-order valence-corrected chi connectivity index (χ4v) is 2.10. The fourth-order valence-electron chi connectivity index (χ4n) is 1.65. The summed E-state index contributed by atoms with van der Waals surface area (Å²) in [5.74, 6) is 5.21. The van der Waals surface area contributed by atoms with Crippen molar-refractivity contribution >= 4 is 16.7 Å². The molecule has 2 aromatic rings.